The van der Waals surface area contributed by atoms with Crippen molar-refractivity contribution in [3.8, 4) is 29.5 Å². The van der Waals surface area contributed by atoms with Gasteiger partial charge in [-0.1, -0.05) is 31.9 Å². The Bertz CT molecular complexity index is 1640. The van der Waals surface area contributed by atoms with E-state index in [-0.39, 0.29) is 11.9 Å². The van der Waals surface area contributed by atoms with Crippen molar-refractivity contribution >= 4 is 17.3 Å². The minimum absolute atomic E-state index is 0.112. The number of aromatic nitrogens is 5. The summed E-state index contributed by atoms with van der Waals surface area (Å²) >= 11 is 0. The number of terminal acetylenes is 1. The van der Waals surface area contributed by atoms with E-state index >= 15 is 0 Å². The Morgan fingerprint density at radius 3 is 2.31 bits per heavy atom. The van der Waals surface area contributed by atoms with Crippen molar-refractivity contribution in [2.75, 3.05) is 12.0 Å². The first-order valence-electron chi connectivity index (χ1n) is 16.1. The van der Waals surface area contributed by atoms with Gasteiger partial charge in [-0.25, -0.2) is 24.9 Å². The van der Waals surface area contributed by atoms with E-state index in [1.54, 1.807) is 25.7 Å². The second-order valence-electron chi connectivity index (χ2n) is 13.6. The Labute approximate surface area is 266 Å². The molecule has 3 aromatic heterocycles. The molecule has 0 radical (unpaired) electrons. The van der Waals surface area contributed by atoms with Crippen molar-refractivity contribution in [1.82, 2.24) is 24.9 Å². The number of nitrogens with zero attached hydrogens (tertiary/aromatic N) is 6. The minimum Gasteiger partial charge on any atom is -0.467 e. The van der Waals surface area contributed by atoms with Crippen LogP contribution in [0.5, 0.6) is 6.01 Å². The molecule has 8 heteroatoms. The van der Waals surface area contributed by atoms with Crippen molar-refractivity contribution in [2.45, 2.75) is 84.6 Å². The fourth-order valence-electron chi connectivity index (χ4n) is 7.38. The number of ether oxygens (including phenoxy) is 1. The van der Waals surface area contributed by atoms with Crippen molar-refractivity contribution in [3.05, 3.63) is 71.7 Å². The second kappa shape index (κ2) is 12.9. The van der Waals surface area contributed by atoms with E-state index in [1.165, 1.54) is 5.57 Å². The Hall–Kier alpha value is -4.38. The molecule has 0 bridgehead atoms. The highest BCUT2D eigenvalue weighted by molar-refractivity contribution is 5.93. The topological polar surface area (TPSA) is 94.0 Å². The zero-order valence-corrected chi connectivity index (χ0v) is 26.8. The molecule has 0 unspecified atom stereocenters. The minimum atomic E-state index is 0.112. The highest BCUT2D eigenvalue weighted by atomic mass is 16.5. The molecule has 45 heavy (non-hydrogen) atoms. The molecule has 0 spiro atoms. The van der Waals surface area contributed by atoms with Crippen LogP contribution >= 0.6 is 0 Å². The summed E-state index contributed by atoms with van der Waals surface area (Å²) < 4.78 is 5.09. The first kappa shape index (κ1) is 30.6. The summed E-state index contributed by atoms with van der Waals surface area (Å²) in [5.74, 6) is 5.39. The van der Waals surface area contributed by atoms with Gasteiger partial charge < -0.3 is 4.74 Å². The predicted molar refractivity (Wildman–Crippen MR) is 176 cm³/mol. The average molecular weight is 603 g/mol. The van der Waals surface area contributed by atoms with Crippen LogP contribution in [-0.2, 0) is 11.2 Å². The number of carbonyl (C=O) groups is 1. The normalized spacial score (nSPS) is 20.9. The van der Waals surface area contributed by atoms with Crippen LogP contribution in [0.25, 0.3) is 16.7 Å². The van der Waals surface area contributed by atoms with Crippen LogP contribution in [-0.4, -0.2) is 44.0 Å². The van der Waals surface area contributed by atoms with Crippen LogP contribution in [0, 0.1) is 29.6 Å². The van der Waals surface area contributed by atoms with Crippen molar-refractivity contribution in [1.29, 1.82) is 0 Å². The molecule has 232 valence electrons. The number of rotatable bonds is 9. The molecule has 2 fully saturated rings. The standard InChI is InChI=1S/C37H42N6O2/c1-6-27-20-38-32(42-35(27)31-9-7-8-24(31)2)16-25-10-13-30(14-11-25)43(34(44)17-26-18-37(3,4)19-26)33-15-12-28(21-39-33)29-22-40-36(45-5)41-23-29/h1,8-9,12,15,20-23,25-26,30H,7,10-11,13-14,16-19H2,2-5H3. The van der Waals surface area contributed by atoms with Gasteiger partial charge >= 0.3 is 6.01 Å². The molecule has 8 nitrogen and oxygen atoms in total. The summed E-state index contributed by atoms with van der Waals surface area (Å²) in [5.41, 5.74) is 6.02. The van der Waals surface area contributed by atoms with Crippen LogP contribution < -0.4 is 9.64 Å². The van der Waals surface area contributed by atoms with Crippen LogP contribution in [0.1, 0.15) is 89.2 Å². The molecular formula is C37H42N6O2. The van der Waals surface area contributed by atoms with E-state index in [9.17, 15) is 4.79 Å². The average Bonchev–Trinajstić information content (AvgIpc) is 3.47. The molecule has 0 N–H and O–H groups in total. The molecular weight excluding hydrogens is 560 g/mol. The third kappa shape index (κ3) is 6.83. The number of anilines is 1. The Morgan fingerprint density at radius 1 is 0.978 bits per heavy atom. The zero-order valence-electron chi connectivity index (χ0n) is 26.8. The summed E-state index contributed by atoms with van der Waals surface area (Å²) in [6, 6.07) is 4.40. The quantitative estimate of drug-likeness (QED) is 0.243. The van der Waals surface area contributed by atoms with Crippen molar-refractivity contribution in [3.63, 3.8) is 0 Å². The lowest BCUT2D eigenvalue weighted by Crippen LogP contribution is -2.45. The maximum atomic E-state index is 13.9. The molecule has 0 aromatic carbocycles. The van der Waals surface area contributed by atoms with Crippen LogP contribution in [0.2, 0.25) is 0 Å². The van der Waals surface area contributed by atoms with Gasteiger partial charge in [-0.3, -0.25) is 9.69 Å². The van der Waals surface area contributed by atoms with Gasteiger partial charge in [-0.15, -0.1) is 6.42 Å². The Balaban J connectivity index is 1.16. The van der Waals surface area contributed by atoms with Gasteiger partial charge in [-0.2, -0.15) is 0 Å². The molecule has 3 aliphatic rings. The molecule has 3 aromatic rings. The smallest absolute Gasteiger partial charge is 0.316 e. The number of carbonyl (C=O) groups excluding carboxylic acids is 1. The van der Waals surface area contributed by atoms with Crippen molar-refractivity contribution in [2.24, 2.45) is 17.3 Å². The number of allylic oxidation sites excluding steroid dienone is 4. The lowest BCUT2D eigenvalue weighted by Gasteiger charge is -2.44. The molecule has 3 aliphatic carbocycles. The highest BCUT2D eigenvalue weighted by Crippen LogP contribution is 2.47. The third-order valence-corrected chi connectivity index (χ3v) is 9.63. The molecule has 0 saturated heterocycles. The summed E-state index contributed by atoms with van der Waals surface area (Å²) in [6.07, 6.45) is 25.6. The van der Waals surface area contributed by atoms with Gasteiger partial charge in [0.05, 0.1) is 18.4 Å². The molecule has 1 amide bonds. The van der Waals surface area contributed by atoms with Crippen LogP contribution in [0.3, 0.4) is 0 Å². The van der Waals surface area contributed by atoms with Gasteiger partial charge in [-0.05, 0) is 86.8 Å². The van der Waals surface area contributed by atoms with E-state index in [4.69, 9.17) is 21.1 Å². The number of hydrogen-bond donors (Lipinski definition) is 0. The molecule has 3 heterocycles. The van der Waals surface area contributed by atoms with E-state index in [0.717, 1.165) is 85.1 Å². The SMILES string of the molecule is C#Cc1cnc(CC2CCC(N(C(=O)CC3CC(C)(C)C3)c3ccc(-c4cnc(OC)nc4)cn3)CC2)nc1C1=CCC=C1C. The summed E-state index contributed by atoms with van der Waals surface area (Å²) in [7, 11) is 1.55. The number of amides is 1. The van der Waals surface area contributed by atoms with Gasteiger partial charge in [0.2, 0.25) is 5.91 Å². The van der Waals surface area contributed by atoms with E-state index in [0.29, 0.717) is 35.5 Å². The fourth-order valence-corrected chi connectivity index (χ4v) is 7.38. The molecule has 0 aliphatic heterocycles. The first-order valence-corrected chi connectivity index (χ1v) is 16.1. The summed E-state index contributed by atoms with van der Waals surface area (Å²) in [6.45, 7) is 6.67. The maximum Gasteiger partial charge on any atom is 0.316 e. The zero-order chi connectivity index (χ0) is 31.6. The summed E-state index contributed by atoms with van der Waals surface area (Å²) in [5, 5.41) is 0. The Morgan fingerprint density at radius 2 is 1.71 bits per heavy atom. The molecule has 2 saturated carbocycles. The van der Waals surface area contributed by atoms with Gasteiger partial charge in [0.15, 0.2) is 0 Å². The van der Waals surface area contributed by atoms with Crippen LogP contribution in [0.4, 0.5) is 5.82 Å². The lowest BCUT2D eigenvalue weighted by molar-refractivity contribution is -0.121. The molecule has 0 atom stereocenters. The monoisotopic (exact) mass is 602 g/mol. The number of hydrogen-bond acceptors (Lipinski definition) is 7. The predicted octanol–water partition coefficient (Wildman–Crippen LogP) is 7.01. The molecule has 6 rings (SSSR count). The first-order chi connectivity index (χ1) is 21.7. The van der Waals surface area contributed by atoms with Gasteiger partial charge in [0, 0.05) is 60.4 Å². The lowest BCUT2D eigenvalue weighted by atomic mass is 9.63. The van der Waals surface area contributed by atoms with Gasteiger partial charge in [0.25, 0.3) is 0 Å². The maximum absolute atomic E-state index is 13.9. The van der Waals surface area contributed by atoms with Gasteiger partial charge in [0.1, 0.15) is 11.6 Å². The second-order valence-corrected chi connectivity index (χ2v) is 13.6. The number of pyridine rings is 1. The highest BCUT2D eigenvalue weighted by Gasteiger charge is 2.39. The van der Waals surface area contributed by atoms with E-state index < -0.39 is 0 Å². The fraction of sp³-hybridized carbons (Fsp3) is 0.459. The van der Waals surface area contributed by atoms with Crippen LogP contribution in [0.15, 0.2) is 54.6 Å². The number of methoxy groups -OCH3 is 1. The Kier molecular flexibility index (Phi) is 8.80. The summed E-state index contributed by atoms with van der Waals surface area (Å²) in [4.78, 5) is 38.7. The van der Waals surface area contributed by atoms with Crippen molar-refractivity contribution < 1.29 is 9.53 Å². The van der Waals surface area contributed by atoms with E-state index in [2.05, 4.69) is 53.8 Å². The van der Waals surface area contributed by atoms with E-state index in [1.807, 2.05) is 23.2 Å². The largest absolute Gasteiger partial charge is 0.467 e. The third-order valence-electron chi connectivity index (χ3n) is 9.63.